The van der Waals surface area contributed by atoms with E-state index in [0.29, 0.717) is 17.2 Å². The van der Waals surface area contributed by atoms with Crippen LogP contribution in [0, 0.1) is 6.92 Å². The predicted molar refractivity (Wildman–Crippen MR) is 69.8 cm³/mol. The molecule has 0 saturated heterocycles. The van der Waals surface area contributed by atoms with Gasteiger partial charge in [-0.3, -0.25) is 9.89 Å². The SMILES string of the molecule is Cc1ccc(Br)c(NC(=O)c2cc(N)n[nH]2)c1. The van der Waals surface area contributed by atoms with Gasteiger partial charge in [-0.05, 0) is 40.5 Å². The van der Waals surface area contributed by atoms with E-state index in [0.717, 1.165) is 10.0 Å². The number of hydrogen-bond donors (Lipinski definition) is 3. The minimum atomic E-state index is -0.277. The standard InChI is InChI=1S/C11H11BrN4O/c1-6-2-3-7(12)8(4-6)14-11(17)9-5-10(13)16-15-9/h2-5H,1H3,(H,14,17)(H3,13,15,16). The van der Waals surface area contributed by atoms with Crippen molar-refractivity contribution in [2.24, 2.45) is 0 Å². The molecule has 0 unspecified atom stereocenters. The van der Waals surface area contributed by atoms with Gasteiger partial charge in [0.2, 0.25) is 0 Å². The van der Waals surface area contributed by atoms with Gasteiger partial charge in [-0.2, -0.15) is 5.10 Å². The molecule has 0 atom stereocenters. The Balaban J connectivity index is 2.21. The van der Waals surface area contributed by atoms with Gasteiger partial charge in [0.05, 0.1) is 5.69 Å². The molecule has 2 aromatic rings. The summed E-state index contributed by atoms with van der Waals surface area (Å²) in [4.78, 5) is 11.8. The molecule has 0 aliphatic rings. The van der Waals surface area contributed by atoms with Crippen molar-refractivity contribution in [1.29, 1.82) is 0 Å². The van der Waals surface area contributed by atoms with Crippen molar-refractivity contribution in [1.82, 2.24) is 10.2 Å². The van der Waals surface area contributed by atoms with Gasteiger partial charge in [-0.15, -0.1) is 0 Å². The van der Waals surface area contributed by atoms with Crippen LogP contribution in [-0.2, 0) is 0 Å². The number of aryl methyl sites for hydroxylation is 1. The fourth-order valence-corrected chi connectivity index (χ4v) is 1.72. The molecule has 6 heteroatoms. The first-order valence-corrected chi connectivity index (χ1v) is 5.74. The van der Waals surface area contributed by atoms with E-state index < -0.39 is 0 Å². The van der Waals surface area contributed by atoms with Crippen LogP contribution in [0.15, 0.2) is 28.7 Å². The van der Waals surface area contributed by atoms with Crippen LogP contribution in [0.3, 0.4) is 0 Å². The van der Waals surface area contributed by atoms with Gasteiger partial charge in [0, 0.05) is 10.5 Å². The number of nitrogens with two attached hydrogens (primary N) is 1. The van der Waals surface area contributed by atoms with Crippen LogP contribution >= 0.6 is 15.9 Å². The molecular weight excluding hydrogens is 284 g/mol. The minimum Gasteiger partial charge on any atom is -0.382 e. The second kappa shape index (κ2) is 4.58. The smallest absolute Gasteiger partial charge is 0.273 e. The minimum absolute atomic E-state index is 0.277. The van der Waals surface area contributed by atoms with E-state index in [1.54, 1.807) is 0 Å². The van der Waals surface area contributed by atoms with Gasteiger partial charge < -0.3 is 11.1 Å². The number of hydrogen-bond acceptors (Lipinski definition) is 3. The third-order valence-corrected chi connectivity index (χ3v) is 2.90. The molecule has 0 fully saturated rings. The summed E-state index contributed by atoms with van der Waals surface area (Å²) in [6.07, 6.45) is 0. The molecule has 88 valence electrons. The maximum Gasteiger partial charge on any atom is 0.273 e. The highest BCUT2D eigenvalue weighted by Crippen LogP contribution is 2.23. The quantitative estimate of drug-likeness (QED) is 0.795. The molecule has 1 aromatic heterocycles. The normalized spacial score (nSPS) is 10.2. The van der Waals surface area contributed by atoms with Gasteiger partial charge in [0.25, 0.3) is 5.91 Å². The monoisotopic (exact) mass is 294 g/mol. The number of carbonyl (C=O) groups is 1. The van der Waals surface area contributed by atoms with Crippen molar-refractivity contribution in [3.8, 4) is 0 Å². The highest BCUT2D eigenvalue weighted by molar-refractivity contribution is 9.10. The zero-order chi connectivity index (χ0) is 12.4. The maximum atomic E-state index is 11.8. The topological polar surface area (TPSA) is 83.8 Å². The molecule has 0 aliphatic carbocycles. The van der Waals surface area contributed by atoms with Crippen LogP contribution in [0.25, 0.3) is 0 Å². The van der Waals surface area contributed by atoms with Crippen LogP contribution in [0.5, 0.6) is 0 Å². The zero-order valence-electron chi connectivity index (χ0n) is 9.12. The maximum absolute atomic E-state index is 11.8. The first-order chi connectivity index (χ1) is 8.06. The fourth-order valence-electron chi connectivity index (χ4n) is 1.38. The molecule has 0 saturated carbocycles. The van der Waals surface area contributed by atoms with E-state index in [1.807, 2.05) is 25.1 Å². The number of amides is 1. The molecule has 5 nitrogen and oxygen atoms in total. The van der Waals surface area contributed by atoms with Gasteiger partial charge in [0.1, 0.15) is 11.5 Å². The van der Waals surface area contributed by atoms with E-state index in [-0.39, 0.29) is 5.91 Å². The first-order valence-electron chi connectivity index (χ1n) is 4.94. The van der Waals surface area contributed by atoms with Crippen molar-refractivity contribution in [2.75, 3.05) is 11.1 Å². The van der Waals surface area contributed by atoms with Crippen LogP contribution < -0.4 is 11.1 Å². The summed E-state index contributed by atoms with van der Waals surface area (Å²) >= 11 is 3.37. The van der Waals surface area contributed by atoms with Crippen molar-refractivity contribution in [2.45, 2.75) is 6.92 Å². The number of aromatic amines is 1. The fraction of sp³-hybridized carbons (Fsp3) is 0.0909. The predicted octanol–water partition coefficient (Wildman–Crippen LogP) is 2.32. The highest BCUT2D eigenvalue weighted by Gasteiger charge is 2.10. The van der Waals surface area contributed by atoms with Crippen LogP contribution in [-0.4, -0.2) is 16.1 Å². The van der Waals surface area contributed by atoms with Gasteiger partial charge in [0.15, 0.2) is 0 Å². The van der Waals surface area contributed by atoms with Crippen LogP contribution in [0.1, 0.15) is 16.1 Å². The Morgan fingerprint density at radius 3 is 2.88 bits per heavy atom. The number of rotatable bonds is 2. The molecule has 1 heterocycles. The summed E-state index contributed by atoms with van der Waals surface area (Å²) in [6, 6.07) is 7.20. The van der Waals surface area contributed by atoms with Crippen molar-refractivity contribution in [3.63, 3.8) is 0 Å². The van der Waals surface area contributed by atoms with Gasteiger partial charge in [-0.25, -0.2) is 0 Å². The molecule has 2 rings (SSSR count). The molecular formula is C11H11BrN4O. The number of carbonyl (C=O) groups excluding carboxylic acids is 1. The number of nitrogens with zero attached hydrogens (tertiary/aromatic N) is 1. The molecule has 1 amide bonds. The van der Waals surface area contributed by atoms with Crippen LogP contribution in [0.2, 0.25) is 0 Å². The first kappa shape index (κ1) is 11.7. The van der Waals surface area contributed by atoms with Crippen LogP contribution in [0.4, 0.5) is 11.5 Å². The van der Waals surface area contributed by atoms with Gasteiger partial charge >= 0.3 is 0 Å². The average Bonchev–Trinajstić information content (AvgIpc) is 2.70. The number of halogens is 1. The largest absolute Gasteiger partial charge is 0.382 e. The summed E-state index contributed by atoms with van der Waals surface area (Å²) in [5, 5.41) is 9.02. The summed E-state index contributed by atoms with van der Waals surface area (Å²) in [6.45, 7) is 1.95. The summed E-state index contributed by atoms with van der Waals surface area (Å²) in [5.41, 5.74) is 7.54. The van der Waals surface area contributed by atoms with Crippen molar-refractivity contribution in [3.05, 3.63) is 40.0 Å². The lowest BCUT2D eigenvalue weighted by Gasteiger charge is -2.06. The Bertz CT molecular complexity index is 564. The summed E-state index contributed by atoms with van der Waals surface area (Å²) in [7, 11) is 0. The lowest BCUT2D eigenvalue weighted by atomic mass is 10.2. The lowest BCUT2D eigenvalue weighted by Crippen LogP contribution is -2.12. The number of H-pyrrole nitrogens is 1. The van der Waals surface area contributed by atoms with E-state index in [1.165, 1.54) is 6.07 Å². The second-order valence-electron chi connectivity index (χ2n) is 3.64. The number of nitrogens with one attached hydrogen (secondary N) is 2. The number of anilines is 2. The van der Waals surface area contributed by atoms with Crippen molar-refractivity contribution < 1.29 is 4.79 Å². The molecule has 0 bridgehead atoms. The third kappa shape index (κ3) is 2.65. The van der Waals surface area contributed by atoms with Crippen molar-refractivity contribution >= 4 is 33.3 Å². The molecule has 4 N–H and O–H groups in total. The average molecular weight is 295 g/mol. The van der Waals surface area contributed by atoms with E-state index in [9.17, 15) is 4.79 Å². The Morgan fingerprint density at radius 1 is 1.47 bits per heavy atom. The molecule has 0 aliphatic heterocycles. The Kier molecular flexibility index (Phi) is 3.14. The van der Waals surface area contributed by atoms with E-state index in [2.05, 4.69) is 31.4 Å². The highest BCUT2D eigenvalue weighted by atomic mass is 79.9. The molecule has 17 heavy (non-hydrogen) atoms. The molecule has 0 radical (unpaired) electrons. The third-order valence-electron chi connectivity index (χ3n) is 2.21. The lowest BCUT2D eigenvalue weighted by molar-refractivity contribution is 0.102. The molecule has 0 spiro atoms. The summed E-state index contributed by atoms with van der Waals surface area (Å²) < 4.78 is 0.823. The molecule has 1 aromatic carbocycles. The summed E-state index contributed by atoms with van der Waals surface area (Å²) in [5.74, 6) is 0.0129. The zero-order valence-corrected chi connectivity index (χ0v) is 10.7. The van der Waals surface area contributed by atoms with Gasteiger partial charge in [-0.1, -0.05) is 6.07 Å². The van der Waals surface area contributed by atoms with E-state index >= 15 is 0 Å². The Labute approximate surface area is 107 Å². The Morgan fingerprint density at radius 2 is 2.24 bits per heavy atom. The number of benzene rings is 1. The number of nitrogen functional groups attached to an aromatic ring is 1. The van der Waals surface area contributed by atoms with E-state index in [4.69, 9.17) is 5.73 Å². The Hall–Kier alpha value is -1.82. The second-order valence-corrected chi connectivity index (χ2v) is 4.50. The number of aromatic nitrogens is 2.